The Morgan fingerprint density at radius 1 is 1.17 bits per heavy atom. The number of anilines is 1. The fourth-order valence-electron chi connectivity index (χ4n) is 4.55. The van der Waals surface area contributed by atoms with E-state index < -0.39 is 11.6 Å². The summed E-state index contributed by atoms with van der Waals surface area (Å²) in [5.74, 6) is 0.0852. The molecular formula is C25H26FN3O. The summed E-state index contributed by atoms with van der Waals surface area (Å²) < 4.78 is 13.6. The van der Waals surface area contributed by atoms with Crippen LogP contribution in [0.3, 0.4) is 0 Å². The van der Waals surface area contributed by atoms with Gasteiger partial charge in [-0.05, 0) is 55.0 Å². The molecule has 3 aromatic rings. The van der Waals surface area contributed by atoms with Gasteiger partial charge in [0.1, 0.15) is 6.17 Å². The third-order valence-corrected chi connectivity index (χ3v) is 6.47. The summed E-state index contributed by atoms with van der Waals surface area (Å²) in [5, 5.41) is 4.22. The van der Waals surface area contributed by atoms with Crippen LogP contribution < -0.4 is 10.2 Å². The third-order valence-electron chi connectivity index (χ3n) is 6.47. The molecular weight excluding hydrogens is 377 g/mol. The highest BCUT2D eigenvalue weighted by molar-refractivity contribution is 5.92. The van der Waals surface area contributed by atoms with E-state index in [2.05, 4.69) is 33.4 Å². The maximum Gasteiger partial charge on any atom is 0.230 e. The topological polar surface area (TPSA) is 45.2 Å². The van der Waals surface area contributed by atoms with Crippen molar-refractivity contribution in [2.24, 2.45) is 0 Å². The van der Waals surface area contributed by atoms with Gasteiger partial charge in [0.05, 0.1) is 10.9 Å². The second kappa shape index (κ2) is 7.71. The van der Waals surface area contributed by atoms with E-state index in [0.29, 0.717) is 19.5 Å². The van der Waals surface area contributed by atoms with Crippen molar-refractivity contribution >= 4 is 22.5 Å². The van der Waals surface area contributed by atoms with E-state index in [1.807, 2.05) is 42.6 Å². The lowest BCUT2D eigenvalue weighted by atomic mass is 9.95. The third kappa shape index (κ3) is 3.53. The van der Waals surface area contributed by atoms with Gasteiger partial charge in [-0.15, -0.1) is 0 Å². The highest BCUT2D eigenvalue weighted by Crippen LogP contribution is 2.48. The predicted octanol–water partition coefficient (Wildman–Crippen LogP) is 4.17. The van der Waals surface area contributed by atoms with Gasteiger partial charge >= 0.3 is 0 Å². The molecule has 5 heteroatoms. The first kappa shape index (κ1) is 19.0. The number of nitrogens with zero attached hydrogens (tertiary/aromatic N) is 2. The molecule has 0 radical (unpaired) electrons. The summed E-state index contributed by atoms with van der Waals surface area (Å²) in [6.07, 6.45) is 4.16. The van der Waals surface area contributed by atoms with Crippen LogP contribution in [0.15, 0.2) is 60.8 Å². The molecule has 154 valence electrons. The van der Waals surface area contributed by atoms with Crippen LogP contribution in [0.1, 0.15) is 30.4 Å². The normalized spacial score (nSPS) is 19.8. The van der Waals surface area contributed by atoms with Crippen LogP contribution >= 0.6 is 0 Å². The summed E-state index contributed by atoms with van der Waals surface area (Å²) in [6.45, 7) is 1.79. The van der Waals surface area contributed by atoms with Gasteiger partial charge in [0.15, 0.2) is 0 Å². The molecule has 0 bridgehead atoms. The predicted molar refractivity (Wildman–Crippen MR) is 118 cm³/mol. The van der Waals surface area contributed by atoms with Gasteiger partial charge in [-0.1, -0.05) is 36.4 Å². The fourth-order valence-corrected chi connectivity index (χ4v) is 4.55. The lowest BCUT2D eigenvalue weighted by Gasteiger charge is -2.22. The van der Waals surface area contributed by atoms with E-state index in [0.717, 1.165) is 53.5 Å². The quantitative estimate of drug-likeness (QED) is 0.672. The standard InChI is InChI=1S/C25H26FN3O/c26-21-10-14-29(17-21)23-8-4-2-5-18(23)9-13-27-24(30)25(11-12-25)20-15-19-6-1-3-7-22(19)28-16-20/h1-8,15-16,21H,9-14,17H2,(H,27,30)/t21-/m0/s1. The van der Waals surface area contributed by atoms with Crippen LogP contribution in [-0.2, 0) is 16.6 Å². The van der Waals surface area contributed by atoms with Crippen molar-refractivity contribution in [2.45, 2.75) is 37.3 Å². The maximum atomic E-state index is 13.6. The lowest BCUT2D eigenvalue weighted by Crippen LogP contribution is -2.36. The molecule has 1 aromatic heterocycles. The molecule has 2 aromatic carbocycles. The summed E-state index contributed by atoms with van der Waals surface area (Å²) >= 11 is 0. The molecule has 1 saturated carbocycles. The highest BCUT2D eigenvalue weighted by atomic mass is 19.1. The first-order valence-corrected chi connectivity index (χ1v) is 10.8. The zero-order valence-electron chi connectivity index (χ0n) is 17.0. The smallest absolute Gasteiger partial charge is 0.230 e. The average molecular weight is 404 g/mol. The minimum absolute atomic E-state index is 0.0852. The average Bonchev–Trinajstić information content (AvgIpc) is 3.49. The van der Waals surface area contributed by atoms with E-state index in [4.69, 9.17) is 0 Å². The largest absolute Gasteiger partial charge is 0.368 e. The van der Waals surface area contributed by atoms with Gasteiger partial charge in [-0.3, -0.25) is 9.78 Å². The molecule has 2 aliphatic rings. The summed E-state index contributed by atoms with van der Waals surface area (Å²) in [6, 6.07) is 18.2. The first-order valence-electron chi connectivity index (χ1n) is 10.8. The molecule has 0 spiro atoms. The van der Waals surface area contributed by atoms with Crippen molar-refractivity contribution in [3.05, 3.63) is 71.9 Å². The van der Waals surface area contributed by atoms with Crippen LogP contribution in [0.2, 0.25) is 0 Å². The number of halogens is 1. The molecule has 1 amide bonds. The molecule has 1 saturated heterocycles. The number of benzene rings is 2. The zero-order valence-corrected chi connectivity index (χ0v) is 17.0. The number of amides is 1. The Morgan fingerprint density at radius 3 is 2.77 bits per heavy atom. The number of fused-ring (bicyclic) bond motifs is 1. The van der Waals surface area contributed by atoms with E-state index in [1.165, 1.54) is 0 Å². The molecule has 2 fully saturated rings. The SMILES string of the molecule is O=C(NCCc1ccccc1N1CC[C@H](F)C1)C1(c2cnc3ccccc3c2)CC1. The maximum absolute atomic E-state index is 13.6. The Labute approximate surface area is 176 Å². The van der Waals surface area contributed by atoms with E-state index >= 15 is 0 Å². The molecule has 1 N–H and O–H groups in total. The number of nitrogens with one attached hydrogen (secondary N) is 1. The van der Waals surface area contributed by atoms with Gasteiger partial charge in [0.2, 0.25) is 5.91 Å². The Kier molecular flexibility index (Phi) is 4.89. The van der Waals surface area contributed by atoms with Crippen molar-refractivity contribution in [1.82, 2.24) is 10.3 Å². The molecule has 5 rings (SSSR count). The van der Waals surface area contributed by atoms with E-state index in [1.54, 1.807) is 0 Å². The van der Waals surface area contributed by atoms with Gasteiger partial charge in [0, 0.05) is 36.9 Å². The van der Waals surface area contributed by atoms with Gasteiger partial charge in [-0.2, -0.15) is 0 Å². The van der Waals surface area contributed by atoms with E-state index in [9.17, 15) is 9.18 Å². The molecule has 0 unspecified atom stereocenters. The van der Waals surface area contributed by atoms with Crippen molar-refractivity contribution in [3.8, 4) is 0 Å². The van der Waals surface area contributed by atoms with Crippen LogP contribution in [-0.4, -0.2) is 36.7 Å². The van der Waals surface area contributed by atoms with Gasteiger partial charge < -0.3 is 10.2 Å². The van der Waals surface area contributed by atoms with Crippen molar-refractivity contribution < 1.29 is 9.18 Å². The number of para-hydroxylation sites is 2. The molecule has 1 atom stereocenters. The van der Waals surface area contributed by atoms with Crippen LogP contribution in [0.5, 0.6) is 0 Å². The van der Waals surface area contributed by atoms with Crippen LogP contribution in [0.25, 0.3) is 10.9 Å². The molecule has 1 aliphatic heterocycles. The number of aromatic nitrogens is 1. The van der Waals surface area contributed by atoms with Gasteiger partial charge in [0.25, 0.3) is 0 Å². The molecule has 30 heavy (non-hydrogen) atoms. The fraction of sp³-hybridized carbons (Fsp3) is 0.360. The number of alkyl halides is 1. The molecule has 4 nitrogen and oxygen atoms in total. The number of hydrogen-bond donors (Lipinski definition) is 1. The second-order valence-electron chi connectivity index (χ2n) is 8.47. The van der Waals surface area contributed by atoms with Crippen LogP contribution in [0.4, 0.5) is 10.1 Å². The molecule has 2 heterocycles. The minimum Gasteiger partial charge on any atom is -0.368 e. The summed E-state index contributed by atoms with van der Waals surface area (Å²) in [5.41, 5.74) is 3.76. The van der Waals surface area contributed by atoms with Crippen LogP contribution in [0, 0.1) is 0 Å². The Hall–Kier alpha value is -2.95. The lowest BCUT2D eigenvalue weighted by molar-refractivity contribution is -0.123. The monoisotopic (exact) mass is 403 g/mol. The van der Waals surface area contributed by atoms with Crippen molar-refractivity contribution in [1.29, 1.82) is 0 Å². The summed E-state index contributed by atoms with van der Waals surface area (Å²) in [7, 11) is 0. The number of carbonyl (C=O) groups is 1. The number of carbonyl (C=O) groups excluding carboxylic acids is 1. The zero-order chi connectivity index (χ0) is 20.6. The Bertz CT molecular complexity index is 1080. The minimum atomic E-state index is -0.747. The van der Waals surface area contributed by atoms with E-state index in [-0.39, 0.29) is 5.91 Å². The Morgan fingerprint density at radius 2 is 1.97 bits per heavy atom. The number of rotatable bonds is 6. The van der Waals surface area contributed by atoms with Crippen molar-refractivity contribution in [3.63, 3.8) is 0 Å². The number of pyridine rings is 1. The number of hydrogen-bond acceptors (Lipinski definition) is 3. The molecule has 1 aliphatic carbocycles. The van der Waals surface area contributed by atoms with Crippen molar-refractivity contribution in [2.75, 3.05) is 24.5 Å². The summed E-state index contributed by atoms with van der Waals surface area (Å²) in [4.78, 5) is 19.7. The van der Waals surface area contributed by atoms with Gasteiger partial charge in [-0.25, -0.2) is 4.39 Å². The first-order chi connectivity index (χ1) is 14.7. The highest BCUT2D eigenvalue weighted by Gasteiger charge is 2.51. The Balaban J connectivity index is 1.26. The second-order valence-corrected chi connectivity index (χ2v) is 8.47.